The molecule has 3 N–H and O–H groups in total. The fraction of sp³-hybridized carbons (Fsp3) is 0.625. The lowest BCUT2D eigenvalue weighted by molar-refractivity contribution is 0.128. The Labute approximate surface area is 141 Å². The minimum atomic E-state index is -0.0369. The van der Waals surface area contributed by atoms with E-state index in [2.05, 4.69) is 25.8 Å². The van der Waals surface area contributed by atoms with E-state index in [0.717, 1.165) is 54.9 Å². The number of hydrogen-bond donors (Lipinski definition) is 3. The summed E-state index contributed by atoms with van der Waals surface area (Å²) in [4.78, 5) is 13.8. The van der Waals surface area contributed by atoms with Crippen LogP contribution in [0.25, 0.3) is 0 Å². The second-order valence-corrected chi connectivity index (χ2v) is 5.95. The van der Waals surface area contributed by atoms with Gasteiger partial charge in [-0.05, 0) is 33.7 Å². The van der Waals surface area contributed by atoms with Crippen molar-refractivity contribution >= 4 is 5.82 Å². The van der Waals surface area contributed by atoms with Crippen LogP contribution in [-0.4, -0.2) is 44.8 Å². The highest BCUT2D eigenvalue weighted by Crippen LogP contribution is 2.23. The van der Waals surface area contributed by atoms with E-state index in [1.165, 1.54) is 5.56 Å². The summed E-state index contributed by atoms with van der Waals surface area (Å²) in [6.45, 7) is 8.86. The Kier molecular flexibility index (Phi) is 5.37. The van der Waals surface area contributed by atoms with Gasteiger partial charge >= 0.3 is 0 Å². The molecule has 8 nitrogen and oxygen atoms in total. The molecule has 0 saturated heterocycles. The number of aromatic nitrogens is 5. The van der Waals surface area contributed by atoms with Crippen molar-refractivity contribution in [2.45, 2.75) is 46.3 Å². The monoisotopic (exact) mass is 331 g/mol. The SMILES string of the molecule is CCOCc1nc2c(c(N[C@H](C)c3n[nH]c(C)n3)n1)CCNCC2. The zero-order valence-corrected chi connectivity index (χ0v) is 14.5. The van der Waals surface area contributed by atoms with Gasteiger partial charge in [-0.3, -0.25) is 5.10 Å². The molecule has 2 aromatic heterocycles. The van der Waals surface area contributed by atoms with Crippen LogP contribution in [0.5, 0.6) is 0 Å². The first-order valence-corrected chi connectivity index (χ1v) is 8.50. The van der Waals surface area contributed by atoms with E-state index in [4.69, 9.17) is 14.7 Å². The highest BCUT2D eigenvalue weighted by molar-refractivity contribution is 5.48. The van der Waals surface area contributed by atoms with Gasteiger partial charge in [0.15, 0.2) is 11.6 Å². The van der Waals surface area contributed by atoms with E-state index in [9.17, 15) is 0 Å². The van der Waals surface area contributed by atoms with Gasteiger partial charge in [0, 0.05) is 25.1 Å². The highest BCUT2D eigenvalue weighted by atomic mass is 16.5. The highest BCUT2D eigenvalue weighted by Gasteiger charge is 2.19. The predicted molar refractivity (Wildman–Crippen MR) is 90.8 cm³/mol. The number of aryl methyl sites for hydroxylation is 1. The molecule has 1 aliphatic rings. The average molecular weight is 331 g/mol. The Morgan fingerprint density at radius 2 is 2.04 bits per heavy atom. The quantitative estimate of drug-likeness (QED) is 0.733. The third kappa shape index (κ3) is 3.88. The van der Waals surface area contributed by atoms with Gasteiger partial charge in [0.1, 0.15) is 18.2 Å². The largest absolute Gasteiger partial charge is 0.374 e. The van der Waals surface area contributed by atoms with Crippen LogP contribution >= 0.6 is 0 Å². The van der Waals surface area contributed by atoms with Crippen molar-refractivity contribution < 1.29 is 4.74 Å². The molecule has 8 heteroatoms. The van der Waals surface area contributed by atoms with E-state index in [-0.39, 0.29) is 6.04 Å². The van der Waals surface area contributed by atoms with E-state index in [1.54, 1.807) is 0 Å². The zero-order valence-electron chi connectivity index (χ0n) is 14.5. The van der Waals surface area contributed by atoms with Crippen LogP contribution in [0, 0.1) is 6.92 Å². The Morgan fingerprint density at radius 3 is 2.79 bits per heavy atom. The van der Waals surface area contributed by atoms with Gasteiger partial charge in [-0.2, -0.15) is 5.10 Å². The lowest BCUT2D eigenvalue weighted by Crippen LogP contribution is -2.17. The summed E-state index contributed by atoms with van der Waals surface area (Å²) >= 11 is 0. The molecule has 130 valence electrons. The molecule has 3 heterocycles. The molecule has 0 amide bonds. The summed E-state index contributed by atoms with van der Waals surface area (Å²) in [6, 6.07) is -0.0369. The van der Waals surface area contributed by atoms with Crippen LogP contribution in [0.2, 0.25) is 0 Å². The van der Waals surface area contributed by atoms with Crippen molar-refractivity contribution in [3.63, 3.8) is 0 Å². The first kappa shape index (κ1) is 16.8. The fourth-order valence-corrected chi connectivity index (χ4v) is 2.80. The molecule has 0 unspecified atom stereocenters. The van der Waals surface area contributed by atoms with Gasteiger partial charge < -0.3 is 15.4 Å². The summed E-state index contributed by atoms with van der Waals surface area (Å²) in [7, 11) is 0. The van der Waals surface area contributed by atoms with Gasteiger partial charge in [-0.1, -0.05) is 0 Å². The van der Waals surface area contributed by atoms with E-state index < -0.39 is 0 Å². The number of nitrogens with one attached hydrogen (secondary N) is 3. The standard InChI is InChI=1S/C16H25N7O/c1-4-24-9-14-20-13-6-8-17-7-5-12(13)16(21-14)18-10(2)15-19-11(3)22-23-15/h10,17H,4-9H2,1-3H3,(H,18,20,21)(H,19,22,23)/t10-/m1/s1. The number of fused-ring (bicyclic) bond motifs is 1. The number of anilines is 1. The second-order valence-electron chi connectivity index (χ2n) is 5.95. The Morgan fingerprint density at radius 1 is 1.21 bits per heavy atom. The smallest absolute Gasteiger partial charge is 0.172 e. The van der Waals surface area contributed by atoms with Crippen molar-refractivity contribution in [3.05, 3.63) is 28.7 Å². The summed E-state index contributed by atoms with van der Waals surface area (Å²) in [5.41, 5.74) is 2.28. The number of hydrogen-bond acceptors (Lipinski definition) is 7. The molecule has 0 bridgehead atoms. The van der Waals surface area contributed by atoms with Gasteiger partial charge in [-0.15, -0.1) is 0 Å². The maximum atomic E-state index is 5.49. The van der Waals surface area contributed by atoms with Crippen LogP contribution in [0.3, 0.4) is 0 Å². The van der Waals surface area contributed by atoms with Crippen LogP contribution in [-0.2, 0) is 24.2 Å². The fourth-order valence-electron chi connectivity index (χ4n) is 2.80. The van der Waals surface area contributed by atoms with Crippen molar-refractivity contribution in [3.8, 4) is 0 Å². The summed E-state index contributed by atoms with van der Waals surface area (Å²) in [5, 5.41) is 14.0. The molecular formula is C16H25N7O. The van der Waals surface area contributed by atoms with Crippen molar-refractivity contribution in [1.82, 2.24) is 30.5 Å². The number of nitrogens with zero attached hydrogens (tertiary/aromatic N) is 4. The zero-order chi connectivity index (χ0) is 16.9. The van der Waals surface area contributed by atoms with Gasteiger partial charge in [0.2, 0.25) is 0 Å². The minimum absolute atomic E-state index is 0.0369. The number of ether oxygens (including phenoxy) is 1. The number of rotatable bonds is 6. The summed E-state index contributed by atoms with van der Waals surface area (Å²) in [5.74, 6) is 3.13. The topological polar surface area (TPSA) is 101 Å². The molecule has 0 saturated carbocycles. The summed E-state index contributed by atoms with van der Waals surface area (Å²) < 4.78 is 5.49. The average Bonchev–Trinajstić information content (AvgIpc) is 2.87. The van der Waals surface area contributed by atoms with Gasteiger partial charge in [0.05, 0.1) is 11.7 Å². The molecule has 2 aromatic rings. The third-order valence-corrected chi connectivity index (χ3v) is 4.02. The normalized spacial score (nSPS) is 15.6. The Balaban J connectivity index is 1.88. The van der Waals surface area contributed by atoms with Crippen molar-refractivity contribution in [2.24, 2.45) is 0 Å². The lowest BCUT2D eigenvalue weighted by atomic mass is 10.1. The molecule has 24 heavy (non-hydrogen) atoms. The second kappa shape index (κ2) is 7.67. The molecule has 0 fully saturated rings. The van der Waals surface area contributed by atoms with Crippen LogP contribution < -0.4 is 10.6 Å². The molecule has 1 aliphatic heterocycles. The molecule has 1 atom stereocenters. The Bertz CT molecular complexity index is 685. The molecule has 3 rings (SSSR count). The maximum absolute atomic E-state index is 5.49. The third-order valence-electron chi connectivity index (χ3n) is 4.02. The van der Waals surface area contributed by atoms with Crippen molar-refractivity contribution in [2.75, 3.05) is 25.0 Å². The first-order valence-electron chi connectivity index (χ1n) is 8.50. The minimum Gasteiger partial charge on any atom is -0.374 e. The van der Waals surface area contributed by atoms with E-state index in [0.29, 0.717) is 13.2 Å². The molecular weight excluding hydrogens is 306 g/mol. The molecule has 0 aliphatic carbocycles. The number of H-pyrrole nitrogens is 1. The predicted octanol–water partition coefficient (Wildman–Crippen LogP) is 1.30. The van der Waals surface area contributed by atoms with E-state index in [1.807, 2.05) is 20.8 Å². The number of aromatic amines is 1. The van der Waals surface area contributed by atoms with Crippen LogP contribution in [0.15, 0.2) is 0 Å². The first-order chi connectivity index (χ1) is 11.7. The molecule has 0 aromatic carbocycles. The molecule has 0 spiro atoms. The van der Waals surface area contributed by atoms with E-state index >= 15 is 0 Å². The summed E-state index contributed by atoms with van der Waals surface area (Å²) in [6.07, 6.45) is 1.81. The van der Waals surface area contributed by atoms with Crippen LogP contribution in [0.1, 0.15) is 48.6 Å². The molecule has 0 radical (unpaired) electrons. The Hall–Kier alpha value is -2.06. The van der Waals surface area contributed by atoms with Gasteiger partial charge in [0.25, 0.3) is 0 Å². The lowest BCUT2D eigenvalue weighted by Gasteiger charge is -2.17. The van der Waals surface area contributed by atoms with Crippen molar-refractivity contribution in [1.29, 1.82) is 0 Å². The van der Waals surface area contributed by atoms with Gasteiger partial charge in [-0.25, -0.2) is 15.0 Å². The van der Waals surface area contributed by atoms with Crippen LogP contribution in [0.4, 0.5) is 5.82 Å². The maximum Gasteiger partial charge on any atom is 0.172 e.